The van der Waals surface area contributed by atoms with E-state index in [0.29, 0.717) is 17.0 Å². The summed E-state index contributed by atoms with van der Waals surface area (Å²) in [5, 5.41) is 0.809. The molecule has 0 bridgehead atoms. The van der Waals surface area contributed by atoms with Crippen molar-refractivity contribution in [1.29, 1.82) is 0 Å². The molecular weight excluding hydrogens is 336 g/mol. The van der Waals surface area contributed by atoms with Crippen LogP contribution < -0.4 is 0 Å². The Hall–Kier alpha value is -2.59. The number of alkyl halides is 1. The van der Waals surface area contributed by atoms with Crippen molar-refractivity contribution in [2.24, 2.45) is 0 Å². The predicted octanol–water partition coefficient (Wildman–Crippen LogP) is 4.45. The van der Waals surface area contributed by atoms with Gasteiger partial charge in [0.1, 0.15) is 0 Å². The van der Waals surface area contributed by atoms with Gasteiger partial charge >= 0.3 is 6.03 Å². The van der Waals surface area contributed by atoms with Crippen LogP contribution in [-0.2, 0) is 5.88 Å². The summed E-state index contributed by atoms with van der Waals surface area (Å²) >= 11 is 5.81. The van der Waals surface area contributed by atoms with Crippen LogP contribution in [0.1, 0.15) is 27.0 Å². The highest BCUT2D eigenvalue weighted by molar-refractivity contribution is 6.18. The highest BCUT2D eigenvalue weighted by Crippen LogP contribution is 2.27. The first-order valence-corrected chi connectivity index (χ1v) is 8.49. The minimum atomic E-state index is -0.188. The second-order valence-electron chi connectivity index (χ2n) is 6.22. The van der Waals surface area contributed by atoms with Crippen molar-refractivity contribution < 1.29 is 9.59 Å². The highest BCUT2D eigenvalue weighted by atomic mass is 35.5. The minimum Gasteiger partial charge on any atom is -0.330 e. The van der Waals surface area contributed by atoms with Crippen molar-refractivity contribution in [3.63, 3.8) is 0 Å². The number of halogens is 1. The lowest BCUT2D eigenvalue weighted by atomic mass is 9.99. The standard InChI is InChI=1S/C20H19ClN2O2/c1-13-5-4-6-17-18(13)16(12-23(17)20(25)22(2)3)19(24)15-9-7-14(11-21)8-10-15/h4-10,12H,11H2,1-3H3. The molecule has 3 aromatic rings. The molecule has 0 aliphatic rings. The number of nitrogens with zero attached hydrogens (tertiary/aromatic N) is 2. The summed E-state index contributed by atoms with van der Waals surface area (Å²) in [6.07, 6.45) is 1.64. The smallest absolute Gasteiger partial charge is 0.328 e. The highest BCUT2D eigenvalue weighted by Gasteiger charge is 2.21. The maximum Gasteiger partial charge on any atom is 0.328 e. The molecule has 0 aliphatic heterocycles. The normalized spacial score (nSPS) is 10.9. The summed E-state index contributed by atoms with van der Waals surface area (Å²) in [6.45, 7) is 1.94. The SMILES string of the molecule is Cc1cccc2c1c(C(=O)c1ccc(CCl)cc1)cn2C(=O)N(C)C. The summed E-state index contributed by atoms with van der Waals surface area (Å²) in [5.74, 6) is 0.301. The fraction of sp³-hybridized carbons (Fsp3) is 0.200. The Bertz CT molecular complexity index is 956. The molecule has 0 saturated carbocycles. The molecule has 2 aromatic carbocycles. The van der Waals surface area contributed by atoms with Gasteiger partial charge in [0, 0.05) is 42.7 Å². The molecule has 0 spiro atoms. The number of carbonyl (C=O) groups excluding carboxylic acids is 2. The molecule has 3 rings (SSSR count). The molecule has 4 nitrogen and oxygen atoms in total. The van der Waals surface area contributed by atoms with Gasteiger partial charge in [-0.3, -0.25) is 9.36 Å². The van der Waals surface area contributed by atoms with E-state index in [9.17, 15) is 9.59 Å². The second-order valence-corrected chi connectivity index (χ2v) is 6.49. The average molecular weight is 355 g/mol. The van der Waals surface area contributed by atoms with E-state index < -0.39 is 0 Å². The van der Waals surface area contributed by atoms with E-state index in [2.05, 4.69) is 0 Å². The van der Waals surface area contributed by atoms with Gasteiger partial charge in [0.25, 0.3) is 0 Å². The molecule has 0 radical (unpaired) electrons. The van der Waals surface area contributed by atoms with Crippen LogP contribution in [0.3, 0.4) is 0 Å². The minimum absolute atomic E-state index is 0.106. The van der Waals surface area contributed by atoms with Gasteiger partial charge in [0.15, 0.2) is 5.78 Å². The lowest BCUT2D eigenvalue weighted by molar-refractivity contribution is 0.104. The fourth-order valence-electron chi connectivity index (χ4n) is 2.91. The fourth-order valence-corrected chi connectivity index (χ4v) is 3.09. The second kappa shape index (κ2) is 6.73. The Morgan fingerprint density at radius 3 is 2.36 bits per heavy atom. The van der Waals surface area contributed by atoms with E-state index in [-0.39, 0.29) is 11.8 Å². The summed E-state index contributed by atoms with van der Waals surface area (Å²) in [6, 6.07) is 12.7. The zero-order valence-electron chi connectivity index (χ0n) is 14.4. The van der Waals surface area contributed by atoms with Gasteiger partial charge in [-0.2, -0.15) is 0 Å². The van der Waals surface area contributed by atoms with Gasteiger partial charge in [-0.25, -0.2) is 4.79 Å². The van der Waals surface area contributed by atoms with E-state index in [4.69, 9.17) is 11.6 Å². The maximum absolute atomic E-state index is 13.0. The molecule has 0 N–H and O–H groups in total. The van der Waals surface area contributed by atoms with Crippen molar-refractivity contribution in [2.45, 2.75) is 12.8 Å². The van der Waals surface area contributed by atoms with Gasteiger partial charge in [-0.05, 0) is 24.1 Å². The molecule has 0 fully saturated rings. The number of hydrogen-bond acceptors (Lipinski definition) is 2. The van der Waals surface area contributed by atoms with E-state index >= 15 is 0 Å². The molecule has 1 heterocycles. The van der Waals surface area contributed by atoms with Gasteiger partial charge in [-0.15, -0.1) is 11.6 Å². The molecule has 0 saturated heterocycles. The van der Waals surface area contributed by atoms with Crippen LogP contribution in [0.25, 0.3) is 10.9 Å². The summed E-state index contributed by atoms with van der Waals surface area (Å²) < 4.78 is 1.53. The third-order valence-electron chi connectivity index (χ3n) is 4.24. The maximum atomic E-state index is 13.0. The first-order chi connectivity index (χ1) is 11.9. The lowest BCUT2D eigenvalue weighted by Crippen LogP contribution is -2.26. The molecule has 25 heavy (non-hydrogen) atoms. The number of aryl methyl sites for hydroxylation is 1. The molecule has 0 aliphatic carbocycles. The Balaban J connectivity index is 2.18. The van der Waals surface area contributed by atoms with Crippen LogP contribution in [0.5, 0.6) is 0 Å². The van der Waals surface area contributed by atoms with Crippen LogP contribution in [0.2, 0.25) is 0 Å². The van der Waals surface area contributed by atoms with Gasteiger partial charge < -0.3 is 4.90 Å². The topological polar surface area (TPSA) is 42.3 Å². The number of aromatic nitrogens is 1. The van der Waals surface area contributed by atoms with Gasteiger partial charge in [0.05, 0.1) is 5.52 Å². The Morgan fingerprint density at radius 2 is 1.76 bits per heavy atom. The number of amides is 1. The van der Waals surface area contributed by atoms with Crippen LogP contribution >= 0.6 is 11.6 Å². The van der Waals surface area contributed by atoms with Crippen molar-refractivity contribution in [2.75, 3.05) is 14.1 Å². The van der Waals surface area contributed by atoms with E-state index in [1.807, 2.05) is 37.3 Å². The number of fused-ring (bicyclic) bond motifs is 1. The van der Waals surface area contributed by atoms with Crippen LogP contribution in [0, 0.1) is 6.92 Å². The average Bonchev–Trinajstić information content (AvgIpc) is 3.01. The zero-order chi connectivity index (χ0) is 18.1. The Labute approximate surface area is 151 Å². The first kappa shape index (κ1) is 17.2. The molecule has 128 valence electrons. The number of carbonyl (C=O) groups is 2. The molecule has 0 atom stereocenters. The largest absolute Gasteiger partial charge is 0.330 e. The van der Waals surface area contributed by atoms with E-state index in [0.717, 1.165) is 22.0 Å². The van der Waals surface area contributed by atoms with E-state index in [1.54, 1.807) is 32.4 Å². The number of benzene rings is 2. The molecular formula is C20H19ClN2O2. The van der Waals surface area contributed by atoms with Crippen molar-refractivity contribution in [3.8, 4) is 0 Å². The van der Waals surface area contributed by atoms with Crippen LogP contribution in [-0.4, -0.2) is 35.4 Å². The molecule has 1 amide bonds. The monoisotopic (exact) mass is 354 g/mol. The van der Waals surface area contributed by atoms with Crippen molar-refractivity contribution >= 4 is 34.3 Å². The third-order valence-corrected chi connectivity index (χ3v) is 4.55. The summed E-state index contributed by atoms with van der Waals surface area (Å²) in [5.41, 5.74) is 3.76. The Kier molecular flexibility index (Phi) is 4.64. The summed E-state index contributed by atoms with van der Waals surface area (Å²) in [7, 11) is 3.38. The number of ketones is 1. The number of rotatable bonds is 3. The quantitative estimate of drug-likeness (QED) is 0.515. The van der Waals surface area contributed by atoms with Crippen molar-refractivity contribution in [3.05, 3.63) is 70.9 Å². The first-order valence-electron chi connectivity index (χ1n) is 7.96. The predicted molar refractivity (Wildman–Crippen MR) is 101 cm³/mol. The van der Waals surface area contributed by atoms with E-state index in [1.165, 1.54) is 9.47 Å². The van der Waals surface area contributed by atoms with Gasteiger partial charge in [0.2, 0.25) is 0 Å². The van der Waals surface area contributed by atoms with Gasteiger partial charge in [-0.1, -0.05) is 36.4 Å². The number of hydrogen-bond donors (Lipinski definition) is 0. The molecule has 5 heteroatoms. The van der Waals surface area contributed by atoms with Crippen LogP contribution in [0.4, 0.5) is 4.79 Å². The summed E-state index contributed by atoms with van der Waals surface area (Å²) in [4.78, 5) is 27.0. The molecule has 1 aromatic heterocycles. The Morgan fingerprint density at radius 1 is 1.08 bits per heavy atom. The molecule has 0 unspecified atom stereocenters. The van der Waals surface area contributed by atoms with Crippen molar-refractivity contribution in [1.82, 2.24) is 9.47 Å². The third kappa shape index (κ3) is 3.05. The van der Waals surface area contributed by atoms with Crippen LogP contribution in [0.15, 0.2) is 48.7 Å². The lowest BCUT2D eigenvalue weighted by Gasteiger charge is -2.11. The zero-order valence-corrected chi connectivity index (χ0v) is 15.2.